The van der Waals surface area contributed by atoms with Crippen LogP contribution in [0.25, 0.3) is 22.5 Å². The summed E-state index contributed by atoms with van der Waals surface area (Å²) in [5, 5.41) is 0. The van der Waals surface area contributed by atoms with Crippen molar-refractivity contribution in [2.24, 2.45) is 0 Å². The van der Waals surface area contributed by atoms with Crippen molar-refractivity contribution in [2.75, 3.05) is 22.9 Å². The molecule has 0 bridgehead atoms. The number of nitrogens with zero attached hydrogens (tertiary/aromatic N) is 2. The number of nitrogen functional groups attached to an aromatic ring is 4. The van der Waals surface area contributed by atoms with E-state index in [1.165, 1.54) is 0 Å². The normalized spacial score (nSPS) is 10.0. The van der Waals surface area contributed by atoms with Gasteiger partial charge in [0.1, 0.15) is 0 Å². The number of benzene rings is 2. The van der Waals surface area contributed by atoms with Gasteiger partial charge in [-0.25, -0.2) is 0 Å². The summed E-state index contributed by atoms with van der Waals surface area (Å²) in [5.74, 6) is 0. The van der Waals surface area contributed by atoms with Gasteiger partial charge in [-0.3, -0.25) is 9.97 Å². The van der Waals surface area contributed by atoms with Crippen LogP contribution in [0.5, 0.6) is 0 Å². The Labute approximate surface area is 163 Å². The molecular formula is C22H22N6. The predicted molar refractivity (Wildman–Crippen MR) is 117 cm³/mol. The average Bonchev–Trinajstić information content (AvgIpc) is 2.71. The van der Waals surface area contributed by atoms with Crippen molar-refractivity contribution < 1.29 is 0 Å². The van der Waals surface area contributed by atoms with E-state index in [0.29, 0.717) is 11.4 Å². The Morgan fingerprint density at radius 2 is 0.714 bits per heavy atom. The van der Waals surface area contributed by atoms with E-state index < -0.39 is 0 Å². The lowest BCUT2D eigenvalue weighted by molar-refractivity contribution is 1.33. The summed E-state index contributed by atoms with van der Waals surface area (Å²) >= 11 is 0. The Hall–Kier alpha value is -4.06. The first-order valence-electron chi connectivity index (χ1n) is 8.66. The molecule has 0 amide bonds. The molecule has 2 aromatic heterocycles. The molecule has 6 heteroatoms. The third-order valence-corrected chi connectivity index (χ3v) is 3.99. The van der Waals surface area contributed by atoms with Gasteiger partial charge in [0.25, 0.3) is 0 Å². The summed E-state index contributed by atoms with van der Waals surface area (Å²) in [6.45, 7) is 0. The van der Waals surface area contributed by atoms with Crippen LogP contribution < -0.4 is 22.9 Å². The van der Waals surface area contributed by atoms with E-state index in [-0.39, 0.29) is 0 Å². The first-order chi connectivity index (χ1) is 13.5. The van der Waals surface area contributed by atoms with Crippen LogP contribution in [-0.4, -0.2) is 9.97 Å². The molecule has 0 saturated heterocycles. The zero-order valence-corrected chi connectivity index (χ0v) is 15.3. The summed E-state index contributed by atoms with van der Waals surface area (Å²) in [6.07, 6.45) is 3.29. The molecule has 0 aliphatic rings. The van der Waals surface area contributed by atoms with Crippen LogP contribution in [0.2, 0.25) is 0 Å². The Kier molecular flexibility index (Phi) is 5.72. The van der Waals surface area contributed by atoms with Gasteiger partial charge in [-0.15, -0.1) is 0 Å². The molecule has 0 unspecified atom stereocenters. The maximum Gasteiger partial charge on any atom is 0.0703 e. The number of anilines is 4. The highest BCUT2D eigenvalue weighted by atomic mass is 14.7. The van der Waals surface area contributed by atoms with Gasteiger partial charge in [0.15, 0.2) is 0 Å². The third kappa shape index (κ3) is 4.98. The zero-order chi connectivity index (χ0) is 19.9. The monoisotopic (exact) mass is 370 g/mol. The van der Waals surface area contributed by atoms with Crippen LogP contribution in [0.1, 0.15) is 0 Å². The predicted octanol–water partition coefficient (Wildman–Crippen LogP) is 3.83. The molecule has 0 saturated carbocycles. The molecule has 2 aromatic carbocycles. The van der Waals surface area contributed by atoms with Gasteiger partial charge in [-0.05, 0) is 48.5 Å². The van der Waals surface area contributed by atoms with Crippen molar-refractivity contribution in [3.63, 3.8) is 0 Å². The fourth-order valence-corrected chi connectivity index (χ4v) is 2.46. The summed E-state index contributed by atoms with van der Waals surface area (Å²) in [6, 6.07) is 22.6. The number of hydrogen-bond acceptors (Lipinski definition) is 6. The van der Waals surface area contributed by atoms with Gasteiger partial charge in [0, 0.05) is 22.5 Å². The van der Waals surface area contributed by atoms with E-state index >= 15 is 0 Å². The van der Waals surface area contributed by atoms with Crippen molar-refractivity contribution in [3.8, 4) is 22.5 Å². The van der Waals surface area contributed by atoms with Gasteiger partial charge < -0.3 is 22.9 Å². The van der Waals surface area contributed by atoms with Crippen molar-refractivity contribution in [1.82, 2.24) is 9.97 Å². The van der Waals surface area contributed by atoms with Gasteiger partial charge in [0.05, 0.1) is 35.2 Å². The average molecular weight is 370 g/mol. The molecule has 0 aliphatic carbocycles. The molecule has 0 atom stereocenters. The van der Waals surface area contributed by atoms with Crippen LogP contribution in [-0.2, 0) is 0 Å². The fraction of sp³-hybridized carbons (Fsp3) is 0. The Morgan fingerprint density at radius 3 is 1.00 bits per heavy atom. The second-order valence-corrected chi connectivity index (χ2v) is 6.20. The number of rotatable bonds is 2. The van der Waals surface area contributed by atoms with E-state index in [9.17, 15) is 0 Å². The maximum absolute atomic E-state index is 5.59. The van der Waals surface area contributed by atoms with E-state index in [1.807, 2.05) is 72.8 Å². The number of hydrogen-bond donors (Lipinski definition) is 4. The topological polar surface area (TPSA) is 130 Å². The molecule has 2 heterocycles. The molecule has 8 N–H and O–H groups in total. The third-order valence-electron chi connectivity index (χ3n) is 3.99. The summed E-state index contributed by atoms with van der Waals surface area (Å²) in [4.78, 5) is 8.42. The van der Waals surface area contributed by atoms with Gasteiger partial charge in [0.2, 0.25) is 0 Å². The molecule has 0 fully saturated rings. The van der Waals surface area contributed by atoms with E-state index in [0.717, 1.165) is 33.9 Å². The summed E-state index contributed by atoms with van der Waals surface area (Å²) in [7, 11) is 0. The SMILES string of the molecule is Nc1ccc(-c2ccc(N)cn2)cc1.Nc1ccc(-c2ccc(N)cn2)cc1. The largest absolute Gasteiger partial charge is 0.399 e. The van der Waals surface area contributed by atoms with Crippen LogP contribution in [0, 0.1) is 0 Å². The summed E-state index contributed by atoms with van der Waals surface area (Å²) < 4.78 is 0. The minimum Gasteiger partial charge on any atom is -0.399 e. The van der Waals surface area contributed by atoms with Crippen molar-refractivity contribution >= 4 is 22.7 Å². The second kappa shape index (κ2) is 8.55. The first kappa shape index (κ1) is 18.7. The van der Waals surface area contributed by atoms with Gasteiger partial charge >= 0.3 is 0 Å². The number of nitrogens with two attached hydrogens (primary N) is 4. The van der Waals surface area contributed by atoms with E-state index in [4.69, 9.17) is 22.9 Å². The number of aromatic nitrogens is 2. The van der Waals surface area contributed by atoms with Crippen LogP contribution in [0.4, 0.5) is 22.7 Å². The first-order valence-corrected chi connectivity index (χ1v) is 8.66. The summed E-state index contributed by atoms with van der Waals surface area (Å²) in [5.41, 5.74) is 29.0. The van der Waals surface area contributed by atoms with E-state index in [2.05, 4.69) is 9.97 Å². The lowest BCUT2D eigenvalue weighted by Crippen LogP contribution is -1.89. The van der Waals surface area contributed by atoms with Crippen LogP contribution in [0.3, 0.4) is 0 Å². The van der Waals surface area contributed by atoms with Crippen molar-refractivity contribution in [2.45, 2.75) is 0 Å². The molecular weight excluding hydrogens is 348 g/mol. The maximum atomic E-state index is 5.59. The Bertz CT molecular complexity index is 835. The van der Waals surface area contributed by atoms with Crippen molar-refractivity contribution in [3.05, 3.63) is 85.2 Å². The van der Waals surface area contributed by atoms with E-state index in [1.54, 1.807) is 12.4 Å². The minimum atomic E-state index is 0.671. The fourth-order valence-electron chi connectivity index (χ4n) is 2.46. The van der Waals surface area contributed by atoms with Crippen LogP contribution in [0.15, 0.2) is 85.2 Å². The smallest absolute Gasteiger partial charge is 0.0703 e. The Morgan fingerprint density at radius 1 is 0.393 bits per heavy atom. The molecule has 140 valence electrons. The lowest BCUT2D eigenvalue weighted by atomic mass is 10.1. The quantitative estimate of drug-likeness (QED) is 0.397. The van der Waals surface area contributed by atoms with Crippen LogP contribution >= 0.6 is 0 Å². The van der Waals surface area contributed by atoms with Gasteiger partial charge in [-0.2, -0.15) is 0 Å². The Balaban J connectivity index is 0.000000161. The molecule has 0 aliphatic heterocycles. The molecule has 28 heavy (non-hydrogen) atoms. The molecule has 6 nitrogen and oxygen atoms in total. The minimum absolute atomic E-state index is 0.671. The standard InChI is InChI=1S/2C11H11N3/c2*12-9-3-1-8(2-4-9)11-6-5-10(13)7-14-11/h2*1-7H,12-13H2. The molecule has 0 radical (unpaired) electrons. The zero-order valence-electron chi connectivity index (χ0n) is 15.3. The molecule has 4 rings (SSSR count). The lowest BCUT2D eigenvalue weighted by Gasteiger charge is -2.01. The molecule has 0 spiro atoms. The highest BCUT2D eigenvalue weighted by Gasteiger charge is 1.98. The van der Waals surface area contributed by atoms with Gasteiger partial charge in [-0.1, -0.05) is 24.3 Å². The highest BCUT2D eigenvalue weighted by molar-refractivity contribution is 5.63. The van der Waals surface area contributed by atoms with Crippen molar-refractivity contribution in [1.29, 1.82) is 0 Å². The highest BCUT2D eigenvalue weighted by Crippen LogP contribution is 2.19. The second-order valence-electron chi connectivity index (χ2n) is 6.20. The number of pyridine rings is 2. The molecule has 4 aromatic rings.